The van der Waals surface area contributed by atoms with Crippen LogP contribution in [0.15, 0.2) is 40.7 Å². The van der Waals surface area contributed by atoms with E-state index in [2.05, 4.69) is 5.32 Å². The van der Waals surface area contributed by atoms with Crippen LogP contribution in [-0.2, 0) is 19.1 Å². The summed E-state index contributed by atoms with van der Waals surface area (Å²) in [5.41, 5.74) is 2.58. The highest BCUT2D eigenvalue weighted by Crippen LogP contribution is 2.47. The van der Waals surface area contributed by atoms with Crippen LogP contribution in [0.4, 0.5) is 0 Å². The predicted molar refractivity (Wildman–Crippen MR) is 92.5 cm³/mol. The molecule has 0 saturated heterocycles. The molecule has 0 saturated carbocycles. The van der Waals surface area contributed by atoms with Crippen LogP contribution >= 0.6 is 0 Å². The van der Waals surface area contributed by atoms with E-state index in [9.17, 15) is 9.59 Å². The van der Waals surface area contributed by atoms with Gasteiger partial charge in [-0.2, -0.15) is 0 Å². The van der Waals surface area contributed by atoms with Crippen molar-refractivity contribution in [1.82, 2.24) is 5.32 Å². The van der Waals surface area contributed by atoms with E-state index >= 15 is 0 Å². The van der Waals surface area contributed by atoms with E-state index in [0.717, 1.165) is 0 Å². The fraction of sp³-hybridized carbons (Fsp3) is 0.368. The molecule has 1 unspecified atom stereocenters. The van der Waals surface area contributed by atoms with Gasteiger partial charge in [-0.3, -0.25) is 0 Å². The molecule has 0 fully saturated rings. The molecule has 3 rings (SSSR count). The summed E-state index contributed by atoms with van der Waals surface area (Å²) >= 11 is 0. The fourth-order valence-electron chi connectivity index (χ4n) is 3.35. The maximum absolute atomic E-state index is 12.7. The topological polar surface area (TPSA) is 83.1 Å². The van der Waals surface area contributed by atoms with Crippen molar-refractivity contribution in [2.24, 2.45) is 0 Å². The maximum atomic E-state index is 12.7. The number of esters is 2. The average molecular weight is 359 g/mol. The Morgan fingerprint density at radius 2 is 1.85 bits per heavy atom. The highest BCUT2D eigenvalue weighted by Gasteiger charge is 2.40. The van der Waals surface area contributed by atoms with Crippen LogP contribution in [0.1, 0.15) is 32.3 Å². The minimum atomic E-state index is -0.681. The fourth-order valence-corrected chi connectivity index (χ4v) is 3.35. The summed E-state index contributed by atoms with van der Waals surface area (Å²) in [5, 5.41) is 3.09. The Morgan fingerprint density at radius 1 is 1.15 bits per heavy atom. The lowest BCUT2D eigenvalue weighted by Crippen LogP contribution is -2.32. The Balaban J connectivity index is 2.22. The predicted octanol–water partition coefficient (Wildman–Crippen LogP) is 2.39. The molecule has 0 aliphatic carbocycles. The first-order chi connectivity index (χ1) is 12.5. The molecule has 7 heteroatoms. The van der Waals surface area contributed by atoms with Crippen molar-refractivity contribution < 1.29 is 28.5 Å². The zero-order chi connectivity index (χ0) is 18.8. The first kappa shape index (κ1) is 17.8. The Labute approximate surface area is 151 Å². The van der Waals surface area contributed by atoms with Crippen LogP contribution < -0.4 is 14.8 Å². The Morgan fingerprint density at radius 3 is 2.50 bits per heavy atom. The van der Waals surface area contributed by atoms with Crippen LogP contribution in [0.2, 0.25) is 0 Å². The van der Waals surface area contributed by atoms with Crippen LogP contribution in [0.25, 0.3) is 0 Å². The summed E-state index contributed by atoms with van der Waals surface area (Å²) in [6.45, 7) is 5.59. The van der Waals surface area contributed by atoms with E-state index < -0.39 is 17.9 Å². The Hall–Kier alpha value is -2.96. The smallest absolute Gasteiger partial charge is 0.336 e. The molecule has 0 bridgehead atoms. The van der Waals surface area contributed by atoms with Crippen molar-refractivity contribution in [3.63, 3.8) is 0 Å². The lowest BCUT2D eigenvalue weighted by atomic mass is 9.80. The number of carbonyl (C=O) groups is 2. The standard InChI is InChI=1S/C19H21NO6/c1-5-24-19(22)15-11(3)20-10(2)14(18(21)23-4)16(15)12-7-6-8-13-17(12)26-9-25-13/h6-8,16,20H,5,9H2,1-4H3. The first-order valence-electron chi connectivity index (χ1n) is 8.32. The van der Waals surface area contributed by atoms with Gasteiger partial charge in [0.05, 0.1) is 30.8 Å². The van der Waals surface area contributed by atoms with Crippen LogP contribution in [-0.4, -0.2) is 32.4 Å². The largest absolute Gasteiger partial charge is 0.466 e. The van der Waals surface area contributed by atoms with Gasteiger partial charge in [0.25, 0.3) is 0 Å². The SMILES string of the molecule is CCOC(=O)C1=C(C)NC(C)=C(C(=O)OC)C1c1cccc2c1OCO2. The number of carbonyl (C=O) groups excluding carboxylic acids is 2. The molecule has 1 aromatic carbocycles. The molecule has 2 aliphatic rings. The highest BCUT2D eigenvalue weighted by molar-refractivity contribution is 6.00. The number of hydrogen-bond acceptors (Lipinski definition) is 7. The number of methoxy groups -OCH3 is 1. The lowest BCUT2D eigenvalue weighted by Gasteiger charge is -2.30. The number of para-hydroxylation sites is 1. The molecule has 7 nitrogen and oxygen atoms in total. The maximum Gasteiger partial charge on any atom is 0.336 e. The van der Waals surface area contributed by atoms with Crippen molar-refractivity contribution in [3.05, 3.63) is 46.3 Å². The van der Waals surface area contributed by atoms with E-state index in [-0.39, 0.29) is 13.4 Å². The van der Waals surface area contributed by atoms with E-state index in [1.54, 1.807) is 32.9 Å². The Kier molecular flexibility index (Phi) is 4.88. The molecule has 2 heterocycles. The molecule has 138 valence electrons. The zero-order valence-electron chi connectivity index (χ0n) is 15.2. The van der Waals surface area contributed by atoms with E-state index in [4.69, 9.17) is 18.9 Å². The van der Waals surface area contributed by atoms with E-state index in [1.165, 1.54) is 7.11 Å². The van der Waals surface area contributed by atoms with E-state index in [0.29, 0.717) is 39.6 Å². The summed E-state index contributed by atoms with van der Waals surface area (Å²) in [6.07, 6.45) is 0. The minimum absolute atomic E-state index is 0.0883. The van der Waals surface area contributed by atoms with Gasteiger partial charge < -0.3 is 24.3 Å². The molecule has 0 aromatic heterocycles. The number of hydrogen-bond donors (Lipinski definition) is 1. The van der Waals surface area contributed by atoms with Gasteiger partial charge in [-0.15, -0.1) is 0 Å². The quantitative estimate of drug-likeness (QED) is 0.827. The van der Waals surface area contributed by atoms with Crippen molar-refractivity contribution in [2.75, 3.05) is 20.5 Å². The zero-order valence-corrected chi connectivity index (χ0v) is 15.2. The summed E-state index contributed by atoms with van der Waals surface area (Å²) in [7, 11) is 1.31. The molecule has 0 radical (unpaired) electrons. The average Bonchev–Trinajstić information content (AvgIpc) is 3.09. The number of fused-ring (bicyclic) bond motifs is 1. The van der Waals surface area contributed by atoms with Crippen LogP contribution in [0, 0.1) is 0 Å². The molecule has 2 aliphatic heterocycles. The van der Waals surface area contributed by atoms with Crippen molar-refractivity contribution >= 4 is 11.9 Å². The minimum Gasteiger partial charge on any atom is -0.466 e. The number of benzene rings is 1. The third-order valence-electron chi connectivity index (χ3n) is 4.40. The second kappa shape index (κ2) is 7.11. The monoisotopic (exact) mass is 359 g/mol. The van der Waals surface area contributed by atoms with Gasteiger partial charge >= 0.3 is 11.9 Å². The molecule has 0 amide bonds. The molecule has 1 N–H and O–H groups in total. The molecular formula is C19H21NO6. The van der Waals surface area contributed by atoms with Gasteiger partial charge in [0, 0.05) is 17.0 Å². The van der Waals surface area contributed by atoms with Gasteiger partial charge in [-0.25, -0.2) is 9.59 Å². The third kappa shape index (κ3) is 2.89. The second-order valence-corrected chi connectivity index (χ2v) is 5.93. The van der Waals surface area contributed by atoms with Crippen molar-refractivity contribution in [2.45, 2.75) is 26.7 Å². The molecule has 26 heavy (non-hydrogen) atoms. The normalized spacial score (nSPS) is 18.5. The lowest BCUT2D eigenvalue weighted by molar-refractivity contribution is -0.139. The molecule has 1 aromatic rings. The van der Waals surface area contributed by atoms with Crippen LogP contribution in [0.3, 0.4) is 0 Å². The highest BCUT2D eigenvalue weighted by atomic mass is 16.7. The van der Waals surface area contributed by atoms with Crippen molar-refractivity contribution in [3.8, 4) is 11.5 Å². The van der Waals surface area contributed by atoms with Crippen LogP contribution in [0.5, 0.6) is 11.5 Å². The number of dihydropyridines is 1. The molecule has 1 atom stereocenters. The van der Waals surface area contributed by atoms with Gasteiger partial charge in [0.15, 0.2) is 11.5 Å². The van der Waals surface area contributed by atoms with E-state index in [1.807, 2.05) is 6.07 Å². The molecular weight excluding hydrogens is 338 g/mol. The number of rotatable bonds is 4. The summed E-state index contributed by atoms with van der Waals surface area (Å²) in [6, 6.07) is 5.39. The van der Waals surface area contributed by atoms with Gasteiger partial charge in [0.1, 0.15) is 0 Å². The Bertz CT molecular complexity index is 823. The number of nitrogens with one attached hydrogen (secondary N) is 1. The summed E-state index contributed by atoms with van der Waals surface area (Å²) in [5.74, 6) is -0.606. The third-order valence-corrected chi connectivity index (χ3v) is 4.40. The second-order valence-electron chi connectivity index (χ2n) is 5.93. The van der Waals surface area contributed by atoms with Gasteiger partial charge in [-0.05, 0) is 26.8 Å². The van der Waals surface area contributed by atoms with Gasteiger partial charge in [-0.1, -0.05) is 12.1 Å². The number of ether oxygens (including phenoxy) is 4. The number of allylic oxidation sites excluding steroid dienone is 2. The molecule has 0 spiro atoms. The van der Waals surface area contributed by atoms with Crippen molar-refractivity contribution in [1.29, 1.82) is 0 Å². The summed E-state index contributed by atoms with van der Waals surface area (Å²) in [4.78, 5) is 25.2. The summed E-state index contributed by atoms with van der Waals surface area (Å²) < 4.78 is 21.3. The first-order valence-corrected chi connectivity index (χ1v) is 8.32. The van der Waals surface area contributed by atoms with Gasteiger partial charge in [0.2, 0.25) is 6.79 Å².